The Hall–Kier alpha value is -1.35. The van der Waals surface area contributed by atoms with E-state index in [0.29, 0.717) is 12.8 Å². The van der Waals surface area contributed by atoms with Crippen LogP contribution in [-0.2, 0) is 38.7 Å². The Morgan fingerprint density at radius 1 is 0.698 bits per heavy atom. The molecule has 0 radical (unpaired) electrons. The van der Waals surface area contributed by atoms with Crippen molar-refractivity contribution in [3.8, 4) is 0 Å². The first kappa shape index (κ1) is 39.7. The number of ether oxygens (including phenoxy) is 4. The molecule has 12 nitrogen and oxygen atoms in total. The molecule has 0 aromatic heterocycles. The minimum absolute atomic E-state index is 0.169. The fraction of sp³-hybridized carbons (Fsp3) is 0.933. The predicted octanol–water partition coefficient (Wildman–Crippen LogP) is 3.82. The zero-order valence-corrected chi connectivity index (χ0v) is 26.9. The second-order valence-electron chi connectivity index (χ2n) is 11.5. The van der Waals surface area contributed by atoms with Crippen LogP contribution >= 0.6 is 0 Å². The molecule has 1 rings (SSSR count). The van der Waals surface area contributed by atoms with Crippen molar-refractivity contribution in [2.24, 2.45) is 0 Å². The Bertz CT molecular complexity index is 852. The minimum atomic E-state index is -4.58. The Labute approximate surface area is 257 Å². The molecule has 1 aliphatic heterocycles. The topological polar surface area (TPSA) is 186 Å². The van der Waals surface area contributed by atoms with Gasteiger partial charge >= 0.3 is 11.9 Å². The van der Waals surface area contributed by atoms with Gasteiger partial charge in [-0.15, -0.1) is 0 Å². The maximum absolute atomic E-state index is 12.6. The lowest BCUT2D eigenvalue weighted by molar-refractivity contribution is -0.297. The summed E-state index contributed by atoms with van der Waals surface area (Å²) in [6.45, 7) is 3.60. The van der Waals surface area contributed by atoms with E-state index in [4.69, 9.17) is 23.5 Å². The van der Waals surface area contributed by atoms with Crippen molar-refractivity contribution >= 4 is 22.1 Å². The van der Waals surface area contributed by atoms with E-state index in [1.54, 1.807) is 0 Å². The lowest BCUT2D eigenvalue weighted by atomic mass is 10.00. The van der Waals surface area contributed by atoms with Crippen molar-refractivity contribution in [1.29, 1.82) is 0 Å². The molecule has 0 aromatic rings. The van der Waals surface area contributed by atoms with Crippen LogP contribution in [0.25, 0.3) is 0 Å². The molecule has 1 heterocycles. The molecule has 1 aliphatic rings. The van der Waals surface area contributed by atoms with Gasteiger partial charge in [0.1, 0.15) is 36.8 Å². The average molecular weight is 641 g/mol. The summed E-state index contributed by atoms with van der Waals surface area (Å²) in [6.07, 6.45) is 6.57. The summed E-state index contributed by atoms with van der Waals surface area (Å²) in [4.78, 5) is 24.8. The summed E-state index contributed by atoms with van der Waals surface area (Å²) >= 11 is 0. The molecule has 0 aromatic carbocycles. The van der Waals surface area contributed by atoms with Gasteiger partial charge in [0, 0.05) is 12.8 Å². The van der Waals surface area contributed by atoms with E-state index in [1.165, 1.54) is 32.1 Å². The van der Waals surface area contributed by atoms with E-state index in [1.807, 2.05) is 0 Å². The lowest BCUT2D eigenvalue weighted by Crippen LogP contribution is -2.60. The fourth-order valence-electron chi connectivity index (χ4n) is 4.85. The predicted molar refractivity (Wildman–Crippen MR) is 160 cm³/mol. The molecule has 0 aliphatic carbocycles. The summed E-state index contributed by atoms with van der Waals surface area (Å²) in [5.41, 5.74) is 0. The second-order valence-corrected chi connectivity index (χ2v) is 13.0. The van der Waals surface area contributed by atoms with Crippen LogP contribution in [0.4, 0.5) is 0 Å². The van der Waals surface area contributed by atoms with Gasteiger partial charge in [-0.1, -0.05) is 97.3 Å². The summed E-state index contributed by atoms with van der Waals surface area (Å²) in [7, 11) is -4.58. The van der Waals surface area contributed by atoms with Gasteiger partial charge in [-0.05, 0) is 12.8 Å². The third-order valence-corrected chi connectivity index (χ3v) is 8.19. The van der Waals surface area contributed by atoms with E-state index in [9.17, 15) is 33.3 Å². The molecule has 13 heteroatoms. The van der Waals surface area contributed by atoms with Gasteiger partial charge in [-0.25, -0.2) is 0 Å². The van der Waals surface area contributed by atoms with Crippen LogP contribution in [0.3, 0.4) is 0 Å². The molecule has 0 amide bonds. The van der Waals surface area contributed by atoms with Crippen LogP contribution in [0.5, 0.6) is 0 Å². The molecule has 0 spiro atoms. The SMILES string of the molecule is CCCCCCCCCCCC(=O)O[C@H](COC(=O)CCCCCCCC)CO[C@H]1O[C@H](CS(=O)(=O)O)[C@@H](O)[C@H](O)[C@H]1O. The minimum Gasteiger partial charge on any atom is -0.462 e. The molecular weight excluding hydrogens is 584 g/mol. The largest absolute Gasteiger partial charge is 0.462 e. The van der Waals surface area contributed by atoms with E-state index >= 15 is 0 Å². The highest BCUT2D eigenvalue weighted by Gasteiger charge is 2.46. The summed E-state index contributed by atoms with van der Waals surface area (Å²) < 4.78 is 53.3. The first-order chi connectivity index (χ1) is 20.5. The number of aliphatic hydroxyl groups excluding tert-OH is 3. The third kappa shape index (κ3) is 18.9. The highest BCUT2D eigenvalue weighted by atomic mass is 32.2. The number of carbonyl (C=O) groups is 2. The maximum atomic E-state index is 12.6. The standard InChI is InChI=1S/C30H56O12S/c1-3-5-7-9-11-12-13-15-17-19-26(32)41-23(20-39-25(31)18-16-14-10-8-6-4-2)21-40-30-29(35)28(34)27(33)24(42-30)22-43(36,37)38/h23-24,27-30,33-35H,3-22H2,1-2H3,(H,36,37,38)/t23-,24-,27-,28+,29-,30+/m1/s1. The van der Waals surface area contributed by atoms with Crippen molar-refractivity contribution in [3.63, 3.8) is 0 Å². The van der Waals surface area contributed by atoms with Gasteiger partial charge in [-0.3, -0.25) is 14.1 Å². The molecule has 43 heavy (non-hydrogen) atoms. The van der Waals surface area contributed by atoms with Crippen molar-refractivity contribution in [3.05, 3.63) is 0 Å². The van der Waals surface area contributed by atoms with Gasteiger partial charge in [0.2, 0.25) is 0 Å². The van der Waals surface area contributed by atoms with Crippen LogP contribution in [0.15, 0.2) is 0 Å². The van der Waals surface area contributed by atoms with Crippen molar-refractivity contribution in [2.45, 2.75) is 160 Å². The van der Waals surface area contributed by atoms with E-state index in [0.717, 1.165) is 51.4 Å². The van der Waals surface area contributed by atoms with E-state index < -0.39 is 71.2 Å². The fourth-order valence-corrected chi connectivity index (χ4v) is 5.54. The molecule has 4 N–H and O–H groups in total. The summed E-state index contributed by atoms with van der Waals surface area (Å²) in [5, 5.41) is 30.5. The van der Waals surface area contributed by atoms with Crippen molar-refractivity contribution in [2.75, 3.05) is 19.0 Å². The number of hydrogen-bond donors (Lipinski definition) is 4. The highest BCUT2D eigenvalue weighted by molar-refractivity contribution is 7.85. The first-order valence-electron chi connectivity index (χ1n) is 16.1. The molecule has 1 saturated heterocycles. The number of hydrogen-bond acceptors (Lipinski definition) is 11. The molecule has 1 fully saturated rings. The van der Waals surface area contributed by atoms with Crippen LogP contribution in [0.1, 0.15) is 123 Å². The van der Waals surface area contributed by atoms with E-state index in [2.05, 4.69) is 13.8 Å². The number of unbranched alkanes of at least 4 members (excludes halogenated alkanes) is 13. The van der Waals surface area contributed by atoms with Crippen LogP contribution < -0.4 is 0 Å². The molecular formula is C30H56O12S. The Kier molecular flexibility index (Phi) is 21.3. The smallest absolute Gasteiger partial charge is 0.306 e. The Morgan fingerprint density at radius 3 is 1.70 bits per heavy atom. The normalized spacial score (nSPS) is 23.2. The molecule has 0 saturated carbocycles. The lowest BCUT2D eigenvalue weighted by Gasteiger charge is -2.40. The van der Waals surface area contributed by atoms with Gasteiger partial charge in [-0.2, -0.15) is 8.42 Å². The third-order valence-electron chi connectivity index (χ3n) is 7.44. The molecule has 0 unspecified atom stereocenters. The quantitative estimate of drug-likeness (QED) is 0.0643. The van der Waals surface area contributed by atoms with Gasteiger partial charge in [0.25, 0.3) is 10.1 Å². The molecule has 254 valence electrons. The number of carbonyl (C=O) groups excluding carboxylic acids is 2. The number of aliphatic hydroxyl groups is 3. The number of esters is 2. The second kappa shape index (κ2) is 23.1. The zero-order valence-electron chi connectivity index (χ0n) is 26.1. The Morgan fingerprint density at radius 2 is 1.19 bits per heavy atom. The zero-order chi connectivity index (χ0) is 32.1. The first-order valence-corrected chi connectivity index (χ1v) is 17.7. The van der Waals surface area contributed by atoms with Crippen LogP contribution in [0.2, 0.25) is 0 Å². The van der Waals surface area contributed by atoms with Crippen molar-refractivity contribution in [1.82, 2.24) is 0 Å². The Balaban J connectivity index is 2.62. The summed E-state index contributed by atoms with van der Waals surface area (Å²) in [6, 6.07) is 0. The van der Waals surface area contributed by atoms with Gasteiger partial charge in [0.15, 0.2) is 12.4 Å². The molecule has 6 atom stereocenters. The maximum Gasteiger partial charge on any atom is 0.306 e. The summed E-state index contributed by atoms with van der Waals surface area (Å²) in [5.74, 6) is -1.99. The van der Waals surface area contributed by atoms with Crippen LogP contribution in [0, 0.1) is 0 Å². The molecule has 0 bridgehead atoms. The average Bonchev–Trinajstić information content (AvgIpc) is 2.95. The van der Waals surface area contributed by atoms with E-state index in [-0.39, 0.29) is 19.4 Å². The van der Waals surface area contributed by atoms with Gasteiger partial charge < -0.3 is 34.3 Å². The van der Waals surface area contributed by atoms with Crippen LogP contribution in [-0.4, -0.2) is 96.0 Å². The van der Waals surface area contributed by atoms with Crippen molar-refractivity contribution < 1.29 is 56.8 Å². The number of rotatable bonds is 25. The van der Waals surface area contributed by atoms with Gasteiger partial charge in [0.05, 0.1) is 6.61 Å². The highest BCUT2D eigenvalue weighted by Crippen LogP contribution is 2.23. The monoisotopic (exact) mass is 640 g/mol.